The topological polar surface area (TPSA) is 166 Å². The zero-order valence-corrected chi connectivity index (χ0v) is 19.1. The van der Waals surface area contributed by atoms with Crippen molar-refractivity contribution in [1.29, 1.82) is 0 Å². The number of aryl methyl sites for hydroxylation is 1. The second-order valence-corrected chi connectivity index (χ2v) is 8.02. The number of nitrogens with one attached hydrogen (secondary N) is 1. The highest BCUT2D eigenvalue weighted by atomic mass is 35.7. The van der Waals surface area contributed by atoms with Crippen molar-refractivity contribution in [1.82, 2.24) is 0 Å². The largest absolute Gasteiger partial charge is 0.497 e. The van der Waals surface area contributed by atoms with E-state index in [0.29, 0.717) is 6.42 Å². The number of hydrogen-bond acceptors (Lipinski definition) is 7. The van der Waals surface area contributed by atoms with Crippen LogP contribution in [0.2, 0.25) is 0 Å². The van der Waals surface area contributed by atoms with E-state index >= 15 is 0 Å². The number of carbonyl (C=O) groups is 1. The molecule has 2 aromatic carbocycles. The molecule has 0 aliphatic heterocycles. The van der Waals surface area contributed by atoms with E-state index in [1.54, 1.807) is 7.11 Å². The standard InChI is InChI=1S/C23H25NO4.ClHO4/c1-16-7-12-21-19(14-16)20(24-13-5-3-4-6-23(25)26)15-22(28-21)17-8-10-18(27-2)11-9-17;2-1(3,4)5/h7-12,14-15H,3-6,13H2,1-2H3,(H,25,26);(H,2,3,4,5). The number of rotatable bonds is 8. The summed E-state index contributed by atoms with van der Waals surface area (Å²) in [5, 5.41) is 10.8. The third kappa shape index (κ3) is 9.60. The third-order valence-corrected chi connectivity index (χ3v) is 4.68. The van der Waals surface area contributed by atoms with Crippen LogP contribution < -0.4 is 33.7 Å². The van der Waals surface area contributed by atoms with Crippen LogP contribution in [-0.4, -0.2) is 24.7 Å². The average Bonchev–Trinajstić information content (AvgIpc) is 2.74. The summed E-state index contributed by atoms with van der Waals surface area (Å²) in [7, 11) is -3.30. The lowest BCUT2D eigenvalue weighted by atomic mass is 10.1. The Kier molecular flexibility index (Phi) is 9.83. The monoisotopic (exact) mass is 479 g/mol. The van der Waals surface area contributed by atoms with Gasteiger partial charge in [0.25, 0.3) is 0 Å². The molecular formula is C23H26ClNO8. The van der Waals surface area contributed by atoms with E-state index in [0.717, 1.165) is 52.8 Å². The Bertz CT molecular complexity index is 1110. The molecule has 3 rings (SSSR count). The average molecular weight is 480 g/mol. The smallest absolute Gasteiger partial charge is 0.303 e. The van der Waals surface area contributed by atoms with Crippen LogP contribution in [0.25, 0.3) is 22.3 Å². The molecule has 3 aromatic rings. The van der Waals surface area contributed by atoms with Crippen molar-refractivity contribution >= 4 is 16.9 Å². The van der Waals surface area contributed by atoms with Gasteiger partial charge in [-0.05, 0) is 56.2 Å². The molecule has 9 nitrogen and oxygen atoms in total. The molecule has 178 valence electrons. The second-order valence-electron chi connectivity index (χ2n) is 7.26. The quantitative estimate of drug-likeness (QED) is 0.360. The van der Waals surface area contributed by atoms with Crippen LogP contribution in [0.1, 0.15) is 31.2 Å². The van der Waals surface area contributed by atoms with Crippen LogP contribution in [0.5, 0.6) is 5.75 Å². The summed E-state index contributed by atoms with van der Waals surface area (Å²) in [5.41, 5.74) is 2.98. The molecule has 1 heterocycles. The van der Waals surface area contributed by atoms with Crippen molar-refractivity contribution in [2.75, 3.05) is 13.7 Å². The van der Waals surface area contributed by atoms with E-state index in [-0.39, 0.29) is 6.42 Å². The third-order valence-electron chi connectivity index (χ3n) is 4.68. The lowest BCUT2D eigenvalue weighted by Crippen LogP contribution is -2.76. The van der Waals surface area contributed by atoms with Crippen molar-refractivity contribution in [3.05, 3.63) is 59.5 Å². The first kappa shape index (κ1) is 26.3. The first-order chi connectivity index (χ1) is 15.6. The Morgan fingerprint density at radius 3 is 2.30 bits per heavy atom. The van der Waals surface area contributed by atoms with Gasteiger partial charge in [-0.3, -0.25) is 4.79 Å². The Hall–Kier alpha value is -2.95. The van der Waals surface area contributed by atoms with E-state index in [4.69, 9.17) is 32.9 Å². The maximum Gasteiger partial charge on any atom is 0.303 e. The van der Waals surface area contributed by atoms with Gasteiger partial charge in [-0.2, -0.15) is 0 Å². The lowest BCUT2D eigenvalue weighted by Gasteiger charge is -2.17. The van der Waals surface area contributed by atoms with Crippen LogP contribution in [0, 0.1) is 17.2 Å². The highest BCUT2D eigenvalue weighted by molar-refractivity contribution is 5.78. The first-order valence-corrected chi connectivity index (χ1v) is 11.4. The summed E-state index contributed by atoms with van der Waals surface area (Å²) in [6, 6.07) is 16.0. The maximum absolute atomic E-state index is 10.6. The molecule has 0 radical (unpaired) electrons. The molecule has 0 aliphatic carbocycles. The number of carboxylic acid groups (broad SMARTS) is 1. The molecule has 0 saturated carbocycles. The van der Waals surface area contributed by atoms with Crippen molar-refractivity contribution in [2.24, 2.45) is 0 Å². The van der Waals surface area contributed by atoms with Crippen molar-refractivity contribution < 1.29 is 52.9 Å². The number of methoxy groups -OCH3 is 1. The fourth-order valence-electron chi connectivity index (χ4n) is 3.14. The Balaban J connectivity index is 0.000000696. The van der Waals surface area contributed by atoms with Gasteiger partial charge in [0.05, 0.1) is 18.6 Å². The van der Waals surface area contributed by atoms with Gasteiger partial charge in [0.1, 0.15) is 23.6 Å². The van der Waals surface area contributed by atoms with Gasteiger partial charge in [-0.25, -0.2) is 23.6 Å². The van der Waals surface area contributed by atoms with Crippen molar-refractivity contribution in [3.8, 4) is 17.1 Å². The zero-order chi connectivity index (χ0) is 24.4. The molecule has 0 atom stereocenters. The summed E-state index contributed by atoms with van der Waals surface area (Å²) in [5.74, 6) is 0.857. The van der Waals surface area contributed by atoms with Crippen LogP contribution in [0.4, 0.5) is 0 Å². The molecule has 33 heavy (non-hydrogen) atoms. The summed E-state index contributed by atoms with van der Waals surface area (Å²) < 4.78 is 45.3. The SMILES string of the molecule is COc1ccc(-c2cc(=[NH+]CCCCCC(=O)O)c3cc(C)ccc3o2)cc1.[O-][Cl+3]([O-])([O-])[O-]. The second kappa shape index (κ2) is 12.3. The van der Waals surface area contributed by atoms with E-state index < -0.39 is 16.2 Å². The minimum absolute atomic E-state index is 0.230. The molecule has 0 spiro atoms. The summed E-state index contributed by atoms with van der Waals surface area (Å²) in [6.07, 6.45) is 2.75. The van der Waals surface area contributed by atoms with Gasteiger partial charge >= 0.3 is 5.97 Å². The zero-order valence-electron chi connectivity index (χ0n) is 18.3. The van der Waals surface area contributed by atoms with Gasteiger partial charge in [0.2, 0.25) is 5.36 Å². The minimum atomic E-state index is -4.94. The molecule has 0 amide bonds. The molecule has 0 aliphatic rings. The van der Waals surface area contributed by atoms with Gasteiger partial charge in [-0.15, -0.1) is 10.2 Å². The van der Waals surface area contributed by atoms with Crippen LogP contribution in [-0.2, 0) is 4.79 Å². The Morgan fingerprint density at radius 1 is 1.03 bits per heavy atom. The fourth-order valence-corrected chi connectivity index (χ4v) is 3.14. The number of unbranched alkanes of at least 4 members (excludes halogenated alkanes) is 2. The predicted octanol–water partition coefficient (Wildman–Crippen LogP) is -1.71. The Labute approximate surface area is 193 Å². The molecule has 2 N–H and O–H groups in total. The lowest BCUT2D eigenvalue weighted by molar-refractivity contribution is -2.00. The van der Waals surface area contributed by atoms with Crippen molar-refractivity contribution in [3.63, 3.8) is 0 Å². The van der Waals surface area contributed by atoms with E-state index in [2.05, 4.69) is 18.0 Å². The fraction of sp³-hybridized carbons (Fsp3) is 0.304. The number of ether oxygens (including phenoxy) is 1. The van der Waals surface area contributed by atoms with Gasteiger partial charge in [0.15, 0.2) is 0 Å². The highest BCUT2D eigenvalue weighted by Gasteiger charge is 2.09. The van der Waals surface area contributed by atoms with Crippen LogP contribution in [0.15, 0.2) is 52.9 Å². The molecule has 1 aromatic heterocycles. The minimum Gasteiger partial charge on any atom is -0.497 e. The summed E-state index contributed by atoms with van der Waals surface area (Å²) in [4.78, 5) is 14.1. The highest BCUT2D eigenvalue weighted by Crippen LogP contribution is 2.24. The molecule has 0 unspecified atom stereocenters. The van der Waals surface area contributed by atoms with Crippen LogP contribution in [0.3, 0.4) is 0 Å². The number of carboxylic acids is 1. The Morgan fingerprint density at radius 2 is 1.70 bits per heavy atom. The van der Waals surface area contributed by atoms with E-state index in [1.807, 2.05) is 42.5 Å². The van der Waals surface area contributed by atoms with Gasteiger partial charge in [-0.1, -0.05) is 11.6 Å². The van der Waals surface area contributed by atoms with E-state index in [9.17, 15) is 4.79 Å². The molecule has 0 fully saturated rings. The van der Waals surface area contributed by atoms with E-state index in [1.165, 1.54) is 5.56 Å². The number of hydrogen-bond donors (Lipinski definition) is 2. The molecule has 0 bridgehead atoms. The van der Waals surface area contributed by atoms with Gasteiger partial charge in [0, 0.05) is 18.4 Å². The predicted molar refractivity (Wildman–Crippen MR) is 108 cm³/mol. The number of halogens is 1. The molecule has 10 heteroatoms. The number of fused-ring (bicyclic) bond motifs is 1. The molecule has 0 saturated heterocycles. The van der Waals surface area contributed by atoms with Crippen LogP contribution >= 0.6 is 0 Å². The van der Waals surface area contributed by atoms with Gasteiger partial charge < -0.3 is 14.3 Å². The first-order valence-electron chi connectivity index (χ1n) is 10.2. The normalized spacial score (nSPS) is 11.8. The maximum atomic E-state index is 10.6. The number of benzene rings is 2. The van der Waals surface area contributed by atoms with Crippen molar-refractivity contribution in [2.45, 2.75) is 32.6 Å². The summed E-state index contributed by atoms with van der Waals surface area (Å²) >= 11 is 0. The number of aliphatic carboxylic acids is 1. The molecular weight excluding hydrogens is 454 g/mol. The summed E-state index contributed by atoms with van der Waals surface area (Å²) in [6.45, 7) is 2.85.